The Labute approximate surface area is 126 Å². The Balaban J connectivity index is 1.61. The fraction of sp³-hybridized carbons (Fsp3) is 0.786. The minimum Gasteiger partial charge on any atom is -0.344 e. The van der Waals surface area contributed by atoms with Gasteiger partial charge in [0.15, 0.2) is 0 Å². The zero-order chi connectivity index (χ0) is 15.0. The summed E-state index contributed by atoms with van der Waals surface area (Å²) in [7, 11) is 2.04. The standard InChI is InChI=1S/C14H22N3O3P/c18-12(14(20)17-21)10(4-7-2-1-3-7)16-13(19)11-9-5-8(9)6-15-11/h7-11,15H,1-6,21H2,(H,16,19)(H,17,20)/t8-,9-,10?,11-/m0/s1. The van der Waals surface area contributed by atoms with Gasteiger partial charge in [-0.1, -0.05) is 19.3 Å². The highest BCUT2D eigenvalue weighted by Crippen LogP contribution is 2.45. The van der Waals surface area contributed by atoms with E-state index >= 15 is 0 Å². The van der Waals surface area contributed by atoms with Crippen molar-refractivity contribution in [2.24, 2.45) is 17.8 Å². The van der Waals surface area contributed by atoms with Crippen molar-refractivity contribution in [2.75, 3.05) is 6.54 Å². The van der Waals surface area contributed by atoms with Gasteiger partial charge in [-0.15, -0.1) is 0 Å². The Morgan fingerprint density at radius 2 is 2.05 bits per heavy atom. The molecule has 0 radical (unpaired) electrons. The number of nitrogens with one attached hydrogen (secondary N) is 3. The van der Waals surface area contributed by atoms with Gasteiger partial charge < -0.3 is 15.7 Å². The summed E-state index contributed by atoms with van der Waals surface area (Å²) in [6.07, 6.45) is 4.99. The molecule has 3 fully saturated rings. The molecule has 0 bridgehead atoms. The first-order valence-electron chi connectivity index (χ1n) is 7.68. The third-order valence-electron chi connectivity index (χ3n) is 5.07. The number of rotatable bonds is 6. The van der Waals surface area contributed by atoms with Gasteiger partial charge in [0.05, 0.1) is 12.1 Å². The average Bonchev–Trinajstić information content (AvgIpc) is 3.09. The van der Waals surface area contributed by atoms with Crippen LogP contribution in [-0.2, 0) is 14.4 Å². The first-order valence-corrected chi connectivity index (χ1v) is 8.26. The van der Waals surface area contributed by atoms with Crippen molar-refractivity contribution < 1.29 is 14.4 Å². The molecule has 0 aromatic carbocycles. The van der Waals surface area contributed by atoms with Gasteiger partial charge in [0.2, 0.25) is 11.7 Å². The van der Waals surface area contributed by atoms with Gasteiger partial charge in [0, 0.05) is 0 Å². The zero-order valence-electron chi connectivity index (χ0n) is 11.9. The summed E-state index contributed by atoms with van der Waals surface area (Å²) in [6.45, 7) is 0.885. The van der Waals surface area contributed by atoms with Crippen molar-refractivity contribution in [1.29, 1.82) is 0 Å². The van der Waals surface area contributed by atoms with Crippen LogP contribution in [0.3, 0.4) is 0 Å². The molecule has 3 rings (SSSR count). The van der Waals surface area contributed by atoms with E-state index in [2.05, 4.69) is 15.7 Å². The molecule has 2 aliphatic carbocycles. The number of ketones is 1. The van der Waals surface area contributed by atoms with Crippen LogP contribution in [0.1, 0.15) is 32.1 Å². The second-order valence-corrected chi connectivity index (χ2v) is 6.77. The quantitative estimate of drug-likeness (QED) is 0.466. The summed E-state index contributed by atoms with van der Waals surface area (Å²) in [4.78, 5) is 36.0. The van der Waals surface area contributed by atoms with Gasteiger partial charge in [-0.05, 0) is 46.5 Å². The summed E-state index contributed by atoms with van der Waals surface area (Å²) in [6, 6.07) is -0.881. The van der Waals surface area contributed by atoms with Gasteiger partial charge in [-0.3, -0.25) is 14.4 Å². The van der Waals surface area contributed by atoms with Gasteiger partial charge in [0.1, 0.15) is 0 Å². The van der Waals surface area contributed by atoms with E-state index in [-0.39, 0.29) is 11.9 Å². The Kier molecular flexibility index (Phi) is 4.27. The molecule has 0 spiro atoms. The second-order valence-electron chi connectivity index (χ2n) is 6.48. The minimum atomic E-state index is -0.692. The Bertz CT molecular complexity index is 466. The molecule has 3 N–H and O–H groups in total. The summed E-state index contributed by atoms with van der Waals surface area (Å²) < 4.78 is 0. The molecule has 2 amide bonds. The molecule has 6 nitrogen and oxygen atoms in total. The molecule has 3 aliphatic rings. The summed E-state index contributed by atoms with van der Waals surface area (Å²) >= 11 is 0. The number of hydrogen-bond donors (Lipinski definition) is 3. The number of carbonyl (C=O) groups is 3. The first-order chi connectivity index (χ1) is 10.1. The van der Waals surface area contributed by atoms with Crippen LogP contribution in [0.25, 0.3) is 0 Å². The van der Waals surface area contributed by atoms with E-state index in [1.54, 1.807) is 0 Å². The van der Waals surface area contributed by atoms with Gasteiger partial charge in [-0.2, -0.15) is 0 Å². The Morgan fingerprint density at radius 3 is 2.52 bits per heavy atom. The van der Waals surface area contributed by atoms with Crippen molar-refractivity contribution >= 4 is 27.0 Å². The Morgan fingerprint density at radius 1 is 1.29 bits per heavy atom. The molecule has 7 heteroatoms. The number of fused-ring (bicyclic) bond motifs is 1. The van der Waals surface area contributed by atoms with Crippen molar-refractivity contribution in [3.8, 4) is 0 Å². The van der Waals surface area contributed by atoms with E-state index in [9.17, 15) is 14.4 Å². The fourth-order valence-corrected chi connectivity index (χ4v) is 3.56. The third kappa shape index (κ3) is 3.11. The molecule has 5 atom stereocenters. The van der Waals surface area contributed by atoms with Crippen molar-refractivity contribution in [1.82, 2.24) is 15.7 Å². The molecular weight excluding hydrogens is 289 g/mol. The topological polar surface area (TPSA) is 87.3 Å². The number of piperidine rings is 1. The van der Waals surface area contributed by atoms with Crippen molar-refractivity contribution in [3.63, 3.8) is 0 Å². The van der Waals surface area contributed by atoms with Crippen LogP contribution >= 0.6 is 9.39 Å². The van der Waals surface area contributed by atoms with Gasteiger partial charge in [0.25, 0.3) is 5.91 Å². The molecule has 1 aliphatic heterocycles. The molecule has 2 unspecified atom stereocenters. The molecule has 116 valence electrons. The van der Waals surface area contributed by atoms with Crippen LogP contribution in [0, 0.1) is 17.8 Å². The Hall–Kier alpha value is -1.00. The number of amides is 2. The van der Waals surface area contributed by atoms with E-state index in [0.717, 1.165) is 25.8 Å². The van der Waals surface area contributed by atoms with E-state index in [0.29, 0.717) is 24.2 Å². The van der Waals surface area contributed by atoms with E-state index in [4.69, 9.17) is 0 Å². The lowest BCUT2D eigenvalue weighted by Gasteiger charge is -2.29. The average molecular weight is 311 g/mol. The van der Waals surface area contributed by atoms with Crippen LogP contribution in [0.15, 0.2) is 0 Å². The fourth-order valence-electron chi connectivity index (χ4n) is 3.42. The van der Waals surface area contributed by atoms with E-state index in [1.165, 1.54) is 6.42 Å². The lowest BCUT2D eigenvalue weighted by atomic mass is 9.80. The predicted molar refractivity (Wildman–Crippen MR) is 80.1 cm³/mol. The summed E-state index contributed by atoms with van der Waals surface area (Å²) in [5, 5.41) is 8.28. The predicted octanol–water partition coefficient (Wildman–Crippen LogP) is -0.255. The van der Waals surface area contributed by atoms with Crippen LogP contribution in [0.4, 0.5) is 0 Å². The second kappa shape index (κ2) is 6.01. The molecule has 0 aromatic rings. The molecule has 1 heterocycles. The lowest BCUT2D eigenvalue weighted by molar-refractivity contribution is -0.139. The number of hydrogen-bond acceptors (Lipinski definition) is 4. The highest BCUT2D eigenvalue weighted by Gasteiger charge is 2.51. The minimum absolute atomic E-state index is 0.130. The van der Waals surface area contributed by atoms with Crippen LogP contribution in [0.2, 0.25) is 0 Å². The third-order valence-corrected chi connectivity index (χ3v) is 5.33. The maximum absolute atomic E-state index is 12.3. The summed E-state index contributed by atoms with van der Waals surface area (Å²) in [5.74, 6) is 0.150. The molecule has 0 aromatic heterocycles. The van der Waals surface area contributed by atoms with Gasteiger partial charge in [-0.25, -0.2) is 0 Å². The van der Waals surface area contributed by atoms with Crippen LogP contribution in [-0.4, -0.2) is 36.2 Å². The first kappa shape index (κ1) is 14.9. The highest BCUT2D eigenvalue weighted by atomic mass is 31.0. The maximum Gasteiger partial charge on any atom is 0.292 e. The zero-order valence-corrected chi connectivity index (χ0v) is 13.1. The highest BCUT2D eigenvalue weighted by molar-refractivity contribution is 7.15. The van der Waals surface area contributed by atoms with Gasteiger partial charge >= 0.3 is 0 Å². The maximum atomic E-state index is 12.3. The van der Waals surface area contributed by atoms with Crippen molar-refractivity contribution in [3.05, 3.63) is 0 Å². The van der Waals surface area contributed by atoms with E-state index < -0.39 is 17.7 Å². The monoisotopic (exact) mass is 311 g/mol. The largest absolute Gasteiger partial charge is 0.344 e. The van der Waals surface area contributed by atoms with Crippen LogP contribution in [0.5, 0.6) is 0 Å². The molecule has 2 saturated carbocycles. The lowest BCUT2D eigenvalue weighted by Crippen LogP contribution is -2.52. The summed E-state index contributed by atoms with van der Waals surface area (Å²) in [5.41, 5.74) is 0. The normalized spacial score (nSPS) is 31.8. The number of Topliss-reactive ketones (excluding diaryl/α,β-unsaturated/α-hetero) is 1. The number of carbonyl (C=O) groups excluding carboxylic acids is 3. The van der Waals surface area contributed by atoms with E-state index in [1.807, 2.05) is 9.39 Å². The van der Waals surface area contributed by atoms with Crippen LogP contribution < -0.4 is 15.7 Å². The molecule has 1 saturated heterocycles. The molecular formula is C14H22N3O3P. The molecule has 21 heavy (non-hydrogen) atoms. The SMILES string of the molecule is O=C(NP)C(=O)C(CC1CCC1)NC(=O)[C@H]1NC[C@@H]2C[C@@H]21. The smallest absolute Gasteiger partial charge is 0.292 e. The van der Waals surface area contributed by atoms with Crippen molar-refractivity contribution in [2.45, 2.75) is 44.2 Å².